The molecule has 25 heavy (non-hydrogen) atoms. The maximum Gasteiger partial charge on any atom is 0.322 e. The average Bonchev–Trinajstić information content (AvgIpc) is 3.18. The van der Waals surface area contributed by atoms with Crippen LogP contribution in [-0.4, -0.2) is 39.7 Å². The van der Waals surface area contributed by atoms with Gasteiger partial charge in [0.05, 0.1) is 35.6 Å². The SMILES string of the molecule is [2H]c1nc(C[S+]([O-])c2nc3ccccc3[nH]2)c(C([2H])([2H])[2H])c(OC([2H])([2H])C([2H])([2H])C([2H])([2H])OC([2H])([2H])[2H])c1[2H]. The molecule has 2 aromatic heterocycles. The summed E-state index contributed by atoms with van der Waals surface area (Å²) in [5.41, 5.74) is -0.547. The van der Waals surface area contributed by atoms with Gasteiger partial charge in [-0.15, -0.1) is 0 Å². The summed E-state index contributed by atoms with van der Waals surface area (Å²) < 4.78 is 130. The van der Waals surface area contributed by atoms with E-state index >= 15 is 0 Å². The van der Waals surface area contributed by atoms with E-state index in [0.29, 0.717) is 11.0 Å². The Hall–Kier alpha value is -2.09. The lowest BCUT2D eigenvalue weighted by atomic mass is 10.2. The minimum absolute atomic E-state index is 0.0693. The highest BCUT2D eigenvalue weighted by atomic mass is 32.2. The van der Waals surface area contributed by atoms with Gasteiger partial charge in [-0.1, -0.05) is 12.1 Å². The van der Waals surface area contributed by atoms with Crippen LogP contribution in [0.1, 0.15) is 36.8 Å². The Bertz CT molecular complexity index is 1330. The normalized spacial score (nSPS) is 23.4. The molecule has 0 aliphatic rings. The second kappa shape index (κ2) is 8.33. The van der Waals surface area contributed by atoms with Gasteiger partial charge in [0.1, 0.15) is 5.75 Å². The molecule has 132 valence electrons. The third-order valence-electron chi connectivity index (χ3n) is 3.03. The van der Waals surface area contributed by atoms with Crippen LogP contribution in [0.5, 0.6) is 5.75 Å². The topological polar surface area (TPSA) is 83.1 Å². The number of fused-ring (bicyclic) bond motifs is 1. The van der Waals surface area contributed by atoms with Gasteiger partial charge in [-0.05, 0) is 25.0 Å². The molecule has 0 amide bonds. The van der Waals surface area contributed by atoms with Crippen LogP contribution in [-0.2, 0) is 21.7 Å². The molecule has 0 saturated carbocycles. The number of para-hydroxylation sites is 2. The summed E-state index contributed by atoms with van der Waals surface area (Å²) in [6.45, 7) is -10.9. The summed E-state index contributed by atoms with van der Waals surface area (Å²) in [7, 11) is -3.49. The molecule has 0 bridgehead atoms. The predicted octanol–water partition coefficient (Wildman–Crippen LogP) is 2.99. The van der Waals surface area contributed by atoms with Gasteiger partial charge in [0.15, 0.2) is 5.75 Å². The third kappa shape index (κ3) is 4.31. The minimum Gasteiger partial charge on any atom is -0.609 e. The summed E-state index contributed by atoms with van der Waals surface area (Å²) in [5.74, 6) is -1.88. The maximum atomic E-state index is 13.1. The van der Waals surface area contributed by atoms with Gasteiger partial charge in [-0.3, -0.25) is 9.97 Å². The molecule has 2 heterocycles. The molecule has 3 aromatic rings. The first-order valence-electron chi connectivity index (χ1n) is 13.8. The molecule has 1 atom stereocenters. The van der Waals surface area contributed by atoms with Crippen molar-refractivity contribution in [2.24, 2.45) is 0 Å². The van der Waals surface area contributed by atoms with Crippen LogP contribution >= 0.6 is 0 Å². The van der Waals surface area contributed by atoms with Crippen molar-refractivity contribution in [3.63, 3.8) is 0 Å². The van der Waals surface area contributed by atoms with E-state index in [1.807, 2.05) is 0 Å². The third-order valence-corrected chi connectivity index (χ3v) is 4.19. The molecule has 0 spiro atoms. The standard InChI is InChI=1S/C18H21N3O3S/c1-13-16(19-9-8-17(13)24-11-5-10-23-2)12-25(22)18-20-14-6-3-4-7-15(14)21-18/h3-4,6-9H,5,10-12H2,1-2H3,(H,20,21)/i1D3,2D3,5D2,8D,9D,10D2,11D2. The number of imidazole rings is 1. The van der Waals surface area contributed by atoms with E-state index in [2.05, 4.69) is 19.7 Å². The molecule has 0 radical (unpaired) electrons. The Balaban J connectivity index is 2.09. The number of hydrogen-bond donors (Lipinski definition) is 1. The van der Waals surface area contributed by atoms with Crippen molar-refractivity contribution in [3.05, 3.63) is 47.7 Å². The number of pyridine rings is 1. The van der Waals surface area contributed by atoms with Gasteiger partial charge in [0.2, 0.25) is 0 Å². The second-order valence-corrected chi connectivity index (χ2v) is 5.95. The molecule has 3 rings (SSSR count). The van der Waals surface area contributed by atoms with Gasteiger partial charge in [-0.2, -0.15) is 4.98 Å². The minimum atomic E-state index is -3.91. The van der Waals surface area contributed by atoms with Crippen LogP contribution in [0, 0.1) is 6.85 Å². The molecule has 0 saturated heterocycles. The number of aromatic nitrogens is 3. The Morgan fingerprint density at radius 2 is 2.32 bits per heavy atom. The van der Waals surface area contributed by atoms with Crippen molar-refractivity contribution in [3.8, 4) is 5.75 Å². The second-order valence-electron chi connectivity index (χ2n) is 4.58. The largest absolute Gasteiger partial charge is 0.609 e. The van der Waals surface area contributed by atoms with E-state index < -0.39 is 79.5 Å². The highest BCUT2D eigenvalue weighted by molar-refractivity contribution is 7.90. The fourth-order valence-electron chi connectivity index (χ4n) is 1.93. The van der Waals surface area contributed by atoms with Crippen molar-refractivity contribution in [1.29, 1.82) is 0 Å². The van der Waals surface area contributed by atoms with Crippen LogP contribution in [0.25, 0.3) is 11.0 Å². The summed E-state index contributed by atoms with van der Waals surface area (Å²) in [6.07, 6.45) is -4.84. The molecular weight excluding hydrogens is 338 g/mol. The number of nitrogens with zero attached hydrogens (tertiary/aromatic N) is 2. The van der Waals surface area contributed by atoms with E-state index in [9.17, 15) is 4.55 Å². The van der Waals surface area contributed by atoms with E-state index in [-0.39, 0.29) is 5.16 Å². The van der Waals surface area contributed by atoms with Crippen LogP contribution in [0.2, 0.25) is 0 Å². The fourth-order valence-corrected chi connectivity index (χ4v) is 2.95. The monoisotopic (exact) mass is 373 g/mol. The van der Waals surface area contributed by atoms with E-state index in [1.165, 1.54) is 0 Å². The summed E-state index contributed by atoms with van der Waals surface area (Å²) in [5, 5.41) is -0.0693. The smallest absolute Gasteiger partial charge is 0.322 e. The number of nitrogens with one attached hydrogen (secondary N) is 1. The van der Waals surface area contributed by atoms with E-state index in [4.69, 9.17) is 23.9 Å². The molecule has 1 unspecified atom stereocenters. The number of methoxy groups -OCH3 is 1. The number of H-pyrrole nitrogens is 1. The first-order chi connectivity index (χ1) is 17.6. The van der Waals surface area contributed by atoms with Crippen LogP contribution in [0.4, 0.5) is 0 Å². The molecule has 0 aliphatic heterocycles. The van der Waals surface area contributed by atoms with Crippen LogP contribution in [0.15, 0.2) is 41.6 Å². The zero-order chi connectivity index (χ0) is 29.8. The van der Waals surface area contributed by atoms with Gasteiger partial charge >= 0.3 is 5.16 Å². The number of rotatable bonds is 8. The van der Waals surface area contributed by atoms with Gasteiger partial charge < -0.3 is 14.0 Å². The first-order valence-corrected chi connectivity index (χ1v) is 8.12. The fraction of sp³-hybridized carbons (Fsp3) is 0.333. The maximum absolute atomic E-state index is 13.1. The highest BCUT2D eigenvalue weighted by Crippen LogP contribution is 2.24. The van der Waals surface area contributed by atoms with Crippen molar-refractivity contribution in [2.75, 3.05) is 20.2 Å². The zero-order valence-electron chi connectivity index (χ0n) is 26.5. The quantitative estimate of drug-likeness (QED) is 0.614. The Morgan fingerprint density at radius 3 is 3.16 bits per heavy atom. The summed E-state index contributed by atoms with van der Waals surface area (Å²) in [6, 6.07) is 5.58. The van der Waals surface area contributed by atoms with E-state index in [1.54, 1.807) is 24.3 Å². The lowest BCUT2D eigenvalue weighted by Crippen LogP contribution is -2.10. The predicted molar refractivity (Wildman–Crippen MR) is 97.2 cm³/mol. The first kappa shape index (κ1) is 7.26. The van der Waals surface area contributed by atoms with Gasteiger partial charge in [-0.25, -0.2) is 0 Å². The molecular formula is C18H21N3O3S. The van der Waals surface area contributed by atoms with Crippen molar-refractivity contribution >= 4 is 22.2 Å². The Kier molecular flexibility index (Phi) is 2.42. The lowest BCUT2D eigenvalue weighted by Gasteiger charge is -2.12. The van der Waals surface area contributed by atoms with Crippen molar-refractivity contribution in [2.45, 2.75) is 24.1 Å². The van der Waals surface area contributed by atoms with Crippen molar-refractivity contribution < 1.29 is 33.2 Å². The van der Waals surface area contributed by atoms with Gasteiger partial charge in [0, 0.05) is 49.7 Å². The Labute approximate surface area is 169 Å². The Morgan fingerprint density at radius 1 is 1.40 bits per heavy atom. The number of benzene rings is 1. The molecule has 0 fully saturated rings. The average molecular weight is 374 g/mol. The molecule has 1 N–H and O–H groups in total. The van der Waals surface area contributed by atoms with Crippen LogP contribution in [0.3, 0.4) is 0 Å². The summed E-state index contributed by atoms with van der Waals surface area (Å²) >= 11 is -2.09. The number of ether oxygens (including phenoxy) is 2. The zero-order valence-corrected chi connectivity index (χ0v) is 13.4. The number of aromatic amines is 1. The van der Waals surface area contributed by atoms with Crippen molar-refractivity contribution in [1.82, 2.24) is 15.0 Å². The van der Waals surface area contributed by atoms with Gasteiger partial charge in [0.25, 0.3) is 0 Å². The lowest BCUT2D eigenvalue weighted by molar-refractivity contribution is 0.172. The molecule has 0 aliphatic carbocycles. The molecule has 7 heteroatoms. The highest BCUT2D eigenvalue weighted by Gasteiger charge is 2.20. The summed E-state index contributed by atoms with van der Waals surface area (Å²) in [4.78, 5) is 10.7. The molecule has 1 aromatic carbocycles. The van der Waals surface area contributed by atoms with Crippen LogP contribution < -0.4 is 4.74 Å². The number of hydrogen-bond acceptors (Lipinski definition) is 5. The van der Waals surface area contributed by atoms with E-state index in [0.717, 1.165) is 0 Å². The molecule has 6 nitrogen and oxygen atoms in total.